The van der Waals surface area contributed by atoms with Crippen molar-refractivity contribution in [2.45, 2.75) is 19.8 Å². The highest BCUT2D eigenvalue weighted by molar-refractivity contribution is 5.84. The van der Waals surface area contributed by atoms with Crippen molar-refractivity contribution >= 4 is 12.1 Å². The predicted octanol–water partition coefficient (Wildman–Crippen LogP) is 1.65. The molecule has 0 heterocycles. The molecule has 1 aliphatic rings. The second-order valence-corrected chi connectivity index (χ2v) is 4.17. The lowest BCUT2D eigenvalue weighted by Crippen LogP contribution is -2.18. The van der Waals surface area contributed by atoms with Crippen LogP contribution in [0.1, 0.15) is 25.3 Å². The first-order valence-electron chi connectivity index (χ1n) is 5.99. The molecule has 0 aromatic heterocycles. The molecule has 0 unspecified atom stereocenters. The van der Waals surface area contributed by atoms with E-state index in [9.17, 15) is 9.90 Å². The zero-order valence-electron chi connectivity index (χ0n) is 10.2. The molecule has 1 aliphatic carbocycles. The van der Waals surface area contributed by atoms with E-state index in [0.717, 1.165) is 18.4 Å². The van der Waals surface area contributed by atoms with Crippen molar-refractivity contribution in [2.75, 3.05) is 6.61 Å². The number of nitrogens with zero attached hydrogens (tertiary/aromatic N) is 1. The summed E-state index contributed by atoms with van der Waals surface area (Å²) >= 11 is 0. The molecule has 1 fully saturated rings. The number of rotatable bonds is 5. The van der Waals surface area contributed by atoms with Gasteiger partial charge in [0, 0.05) is 5.92 Å². The van der Waals surface area contributed by atoms with Crippen molar-refractivity contribution in [1.82, 2.24) is 5.43 Å². The number of benzene rings is 1. The average molecular weight is 248 g/mol. The van der Waals surface area contributed by atoms with Crippen LogP contribution in [0.4, 0.5) is 0 Å². The van der Waals surface area contributed by atoms with Gasteiger partial charge in [0.2, 0.25) is 5.91 Å². The molecule has 1 aromatic carbocycles. The highest BCUT2D eigenvalue weighted by Gasteiger charge is 2.29. The molecule has 0 atom stereocenters. The molecule has 0 radical (unpaired) electrons. The lowest BCUT2D eigenvalue weighted by molar-refractivity contribution is -0.122. The van der Waals surface area contributed by atoms with Crippen LogP contribution in [-0.4, -0.2) is 23.8 Å². The van der Waals surface area contributed by atoms with Crippen LogP contribution in [0.5, 0.6) is 11.5 Å². The van der Waals surface area contributed by atoms with Crippen molar-refractivity contribution in [2.24, 2.45) is 11.0 Å². The Balaban J connectivity index is 1.97. The summed E-state index contributed by atoms with van der Waals surface area (Å²) < 4.78 is 5.25. The van der Waals surface area contributed by atoms with E-state index in [0.29, 0.717) is 12.4 Å². The lowest BCUT2D eigenvalue weighted by atomic mass is 10.2. The highest BCUT2D eigenvalue weighted by atomic mass is 16.5. The van der Waals surface area contributed by atoms with Gasteiger partial charge in [0.25, 0.3) is 0 Å². The summed E-state index contributed by atoms with van der Waals surface area (Å²) in [6.45, 7) is 2.32. The Morgan fingerprint density at radius 3 is 3.06 bits per heavy atom. The quantitative estimate of drug-likeness (QED) is 0.615. The molecule has 1 aromatic rings. The normalized spacial score (nSPS) is 14.7. The van der Waals surface area contributed by atoms with E-state index in [1.165, 1.54) is 12.3 Å². The number of aromatic hydroxyl groups is 1. The number of carbonyl (C=O) groups is 1. The van der Waals surface area contributed by atoms with Crippen LogP contribution in [0.3, 0.4) is 0 Å². The lowest BCUT2D eigenvalue weighted by Gasteiger charge is -2.05. The SMILES string of the molecule is CCOc1cc(/C=N\NC(=O)C2CC2)ccc1O. The molecular formula is C13H16N2O3. The largest absolute Gasteiger partial charge is 0.504 e. The molecule has 5 nitrogen and oxygen atoms in total. The third kappa shape index (κ3) is 3.23. The molecule has 1 saturated carbocycles. The van der Waals surface area contributed by atoms with Crippen LogP contribution in [0.15, 0.2) is 23.3 Å². The Labute approximate surface area is 105 Å². The summed E-state index contributed by atoms with van der Waals surface area (Å²) in [6.07, 6.45) is 3.44. The zero-order chi connectivity index (χ0) is 13.0. The molecule has 1 amide bonds. The van der Waals surface area contributed by atoms with E-state index >= 15 is 0 Å². The van der Waals surface area contributed by atoms with E-state index < -0.39 is 0 Å². The van der Waals surface area contributed by atoms with Gasteiger partial charge in [-0.1, -0.05) is 0 Å². The fourth-order valence-electron chi connectivity index (χ4n) is 1.49. The summed E-state index contributed by atoms with van der Waals surface area (Å²) in [4.78, 5) is 11.3. The first-order chi connectivity index (χ1) is 8.70. The first kappa shape index (κ1) is 12.4. The van der Waals surface area contributed by atoms with Crippen molar-refractivity contribution < 1.29 is 14.6 Å². The van der Waals surface area contributed by atoms with E-state index in [1.54, 1.807) is 12.1 Å². The molecular weight excluding hydrogens is 232 g/mol. The number of hydrogen-bond acceptors (Lipinski definition) is 4. The summed E-state index contributed by atoms with van der Waals surface area (Å²) in [7, 11) is 0. The van der Waals surface area contributed by atoms with Crippen LogP contribution in [0.2, 0.25) is 0 Å². The number of nitrogens with one attached hydrogen (secondary N) is 1. The molecule has 2 rings (SSSR count). The van der Waals surface area contributed by atoms with Gasteiger partial charge in [-0.2, -0.15) is 5.10 Å². The van der Waals surface area contributed by atoms with Crippen LogP contribution in [-0.2, 0) is 4.79 Å². The minimum absolute atomic E-state index is 0.0324. The van der Waals surface area contributed by atoms with Gasteiger partial charge in [0.1, 0.15) is 0 Å². The number of hydrazone groups is 1. The Hall–Kier alpha value is -2.04. The van der Waals surface area contributed by atoms with E-state index in [4.69, 9.17) is 4.74 Å². The van der Waals surface area contributed by atoms with Crippen molar-refractivity contribution in [3.63, 3.8) is 0 Å². The molecule has 5 heteroatoms. The van der Waals surface area contributed by atoms with Crippen LogP contribution >= 0.6 is 0 Å². The summed E-state index contributed by atoms with van der Waals surface area (Å²) in [5.74, 6) is 0.613. The zero-order valence-corrected chi connectivity index (χ0v) is 10.2. The Morgan fingerprint density at radius 2 is 2.39 bits per heavy atom. The monoisotopic (exact) mass is 248 g/mol. The van der Waals surface area contributed by atoms with Gasteiger partial charge in [0.05, 0.1) is 12.8 Å². The number of carbonyl (C=O) groups excluding carboxylic acids is 1. The van der Waals surface area contributed by atoms with E-state index in [1.807, 2.05) is 6.92 Å². The molecule has 0 bridgehead atoms. The Kier molecular flexibility index (Phi) is 3.82. The number of ether oxygens (including phenoxy) is 1. The van der Waals surface area contributed by atoms with Gasteiger partial charge in [-0.05, 0) is 43.5 Å². The topological polar surface area (TPSA) is 70.9 Å². The smallest absolute Gasteiger partial charge is 0.243 e. The Morgan fingerprint density at radius 1 is 1.61 bits per heavy atom. The van der Waals surface area contributed by atoms with E-state index in [2.05, 4.69) is 10.5 Å². The van der Waals surface area contributed by atoms with Gasteiger partial charge in [-0.15, -0.1) is 0 Å². The summed E-state index contributed by atoms with van der Waals surface area (Å²) in [5.41, 5.74) is 3.24. The molecule has 18 heavy (non-hydrogen) atoms. The summed E-state index contributed by atoms with van der Waals surface area (Å²) in [6, 6.07) is 4.91. The van der Waals surface area contributed by atoms with Crippen molar-refractivity contribution in [1.29, 1.82) is 0 Å². The number of hydrogen-bond donors (Lipinski definition) is 2. The molecule has 0 aliphatic heterocycles. The first-order valence-corrected chi connectivity index (χ1v) is 5.99. The minimum Gasteiger partial charge on any atom is -0.504 e. The maximum absolute atomic E-state index is 11.3. The van der Waals surface area contributed by atoms with Crippen LogP contribution in [0, 0.1) is 5.92 Å². The van der Waals surface area contributed by atoms with Crippen LogP contribution < -0.4 is 10.2 Å². The van der Waals surface area contributed by atoms with Crippen molar-refractivity contribution in [3.05, 3.63) is 23.8 Å². The predicted molar refractivity (Wildman–Crippen MR) is 67.7 cm³/mol. The third-order valence-electron chi connectivity index (χ3n) is 2.62. The van der Waals surface area contributed by atoms with Gasteiger partial charge in [0.15, 0.2) is 11.5 Å². The summed E-state index contributed by atoms with van der Waals surface area (Å²) in [5, 5.41) is 13.4. The van der Waals surface area contributed by atoms with Crippen molar-refractivity contribution in [3.8, 4) is 11.5 Å². The maximum Gasteiger partial charge on any atom is 0.243 e. The minimum atomic E-state index is -0.0324. The van der Waals surface area contributed by atoms with Gasteiger partial charge in [-0.25, -0.2) is 5.43 Å². The number of amides is 1. The second-order valence-electron chi connectivity index (χ2n) is 4.17. The highest BCUT2D eigenvalue weighted by Crippen LogP contribution is 2.28. The third-order valence-corrected chi connectivity index (χ3v) is 2.62. The second kappa shape index (κ2) is 5.53. The fraction of sp³-hybridized carbons (Fsp3) is 0.385. The molecule has 0 spiro atoms. The number of phenols is 1. The molecule has 2 N–H and O–H groups in total. The van der Waals surface area contributed by atoms with Gasteiger partial charge < -0.3 is 9.84 Å². The molecule has 0 saturated heterocycles. The molecule has 96 valence electrons. The van der Waals surface area contributed by atoms with E-state index in [-0.39, 0.29) is 17.6 Å². The number of phenolic OH excluding ortho intramolecular Hbond substituents is 1. The Bertz CT molecular complexity index is 467. The average Bonchev–Trinajstić information content (AvgIpc) is 3.17. The van der Waals surface area contributed by atoms with Crippen LogP contribution in [0.25, 0.3) is 0 Å². The standard InChI is InChI=1S/C13H16N2O3/c1-2-18-12-7-9(3-6-11(12)16)8-14-15-13(17)10-4-5-10/h3,6-8,10,16H,2,4-5H2,1H3,(H,15,17)/b14-8-. The maximum atomic E-state index is 11.3. The van der Waals surface area contributed by atoms with Gasteiger partial charge >= 0.3 is 0 Å². The fourth-order valence-corrected chi connectivity index (χ4v) is 1.49. The van der Waals surface area contributed by atoms with Gasteiger partial charge in [-0.3, -0.25) is 4.79 Å².